The Balaban J connectivity index is 2.07. The fourth-order valence-electron chi connectivity index (χ4n) is 2.97. The van der Waals surface area contributed by atoms with Gasteiger partial charge in [-0.3, -0.25) is 0 Å². The highest BCUT2D eigenvalue weighted by Crippen LogP contribution is 2.48. The Morgan fingerprint density at radius 3 is 2.13 bits per heavy atom. The summed E-state index contributed by atoms with van der Waals surface area (Å²) in [4.78, 5) is 2.37. The normalized spacial score (nSPS) is 28.8. The van der Waals surface area contributed by atoms with E-state index in [1.165, 1.54) is 12.8 Å². The molecular formula is C12H23NO2. The molecule has 0 amide bonds. The molecule has 0 saturated carbocycles. The van der Waals surface area contributed by atoms with Gasteiger partial charge >= 0.3 is 0 Å². The summed E-state index contributed by atoms with van der Waals surface area (Å²) in [5.41, 5.74) is -0.583. The van der Waals surface area contributed by atoms with Gasteiger partial charge in [-0.05, 0) is 52.7 Å². The zero-order valence-electron chi connectivity index (χ0n) is 10.1. The Hall–Kier alpha value is -0.120. The van der Waals surface area contributed by atoms with Crippen molar-refractivity contribution < 1.29 is 9.84 Å². The average Bonchev–Trinajstić information content (AvgIpc) is 2.03. The molecule has 2 fully saturated rings. The Bertz CT molecular complexity index is 222. The molecule has 0 radical (unpaired) electrons. The number of nitrogens with zero attached hydrogens (tertiary/aromatic N) is 1. The van der Waals surface area contributed by atoms with Crippen molar-refractivity contribution >= 4 is 0 Å². The van der Waals surface area contributed by atoms with E-state index in [-0.39, 0.29) is 5.41 Å². The minimum atomic E-state index is -0.605. The molecule has 3 heteroatoms. The first kappa shape index (κ1) is 11.4. The molecule has 0 aromatic heterocycles. The Kier molecular flexibility index (Phi) is 2.82. The van der Waals surface area contributed by atoms with Gasteiger partial charge in [0.1, 0.15) is 0 Å². The van der Waals surface area contributed by atoms with Crippen LogP contribution in [0.5, 0.6) is 0 Å². The van der Waals surface area contributed by atoms with Crippen molar-refractivity contribution in [1.29, 1.82) is 0 Å². The van der Waals surface area contributed by atoms with Crippen LogP contribution in [0, 0.1) is 11.3 Å². The first-order chi connectivity index (χ1) is 6.96. The number of ether oxygens (including phenoxy) is 1. The van der Waals surface area contributed by atoms with Crippen molar-refractivity contribution in [1.82, 2.24) is 4.90 Å². The number of hydrogen-bond donors (Lipinski definition) is 1. The van der Waals surface area contributed by atoms with E-state index in [0.717, 1.165) is 26.3 Å². The van der Waals surface area contributed by atoms with Crippen LogP contribution in [0.1, 0.15) is 26.7 Å². The lowest BCUT2D eigenvalue weighted by Crippen LogP contribution is -2.62. The molecule has 2 aliphatic heterocycles. The van der Waals surface area contributed by atoms with Crippen molar-refractivity contribution in [2.24, 2.45) is 11.3 Å². The third-order valence-electron chi connectivity index (χ3n) is 4.44. The summed E-state index contributed by atoms with van der Waals surface area (Å²) >= 11 is 0. The summed E-state index contributed by atoms with van der Waals surface area (Å²) in [6.45, 7) is 7.67. The van der Waals surface area contributed by atoms with Gasteiger partial charge in [-0.25, -0.2) is 0 Å². The van der Waals surface area contributed by atoms with E-state index in [2.05, 4.69) is 11.9 Å². The zero-order chi connectivity index (χ0) is 11.1. The van der Waals surface area contributed by atoms with Crippen molar-refractivity contribution in [3.63, 3.8) is 0 Å². The van der Waals surface area contributed by atoms with E-state index >= 15 is 0 Å². The molecule has 3 nitrogen and oxygen atoms in total. The van der Waals surface area contributed by atoms with Gasteiger partial charge in [-0.2, -0.15) is 0 Å². The minimum absolute atomic E-state index is 0.0221. The molecule has 0 unspecified atom stereocenters. The zero-order valence-corrected chi connectivity index (χ0v) is 10.1. The summed E-state index contributed by atoms with van der Waals surface area (Å²) in [6, 6.07) is 0. The SMILES string of the molecule is CN1CCC(C2(C(C)(C)O)COC2)CC1. The minimum Gasteiger partial charge on any atom is -0.390 e. The fraction of sp³-hybridized carbons (Fsp3) is 1.00. The third kappa shape index (κ3) is 1.81. The van der Waals surface area contributed by atoms with Gasteiger partial charge in [0.25, 0.3) is 0 Å². The predicted molar refractivity (Wildman–Crippen MR) is 59.8 cm³/mol. The number of hydrogen-bond acceptors (Lipinski definition) is 3. The van der Waals surface area contributed by atoms with Gasteiger partial charge in [-0.1, -0.05) is 0 Å². The van der Waals surface area contributed by atoms with Crippen molar-refractivity contribution in [3.05, 3.63) is 0 Å². The van der Waals surface area contributed by atoms with E-state index < -0.39 is 5.60 Å². The molecule has 0 spiro atoms. The topological polar surface area (TPSA) is 32.7 Å². The predicted octanol–water partition coefficient (Wildman–Crippen LogP) is 1.12. The monoisotopic (exact) mass is 213 g/mol. The van der Waals surface area contributed by atoms with Crippen LogP contribution < -0.4 is 0 Å². The van der Waals surface area contributed by atoms with Crippen LogP contribution in [0.4, 0.5) is 0 Å². The fourth-order valence-corrected chi connectivity index (χ4v) is 2.97. The van der Waals surface area contributed by atoms with Crippen LogP contribution >= 0.6 is 0 Å². The van der Waals surface area contributed by atoms with Crippen LogP contribution in [0.15, 0.2) is 0 Å². The quantitative estimate of drug-likeness (QED) is 0.746. The molecule has 0 aromatic rings. The van der Waals surface area contributed by atoms with Crippen LogP contribution in [0.2, 0.25) is 0 Å². The second kappa shape index (κ2) is 3.72. The lowest BCUT2D eigenvalue weighted by atomic mass is 9.61. The Labute approximate surface area is 92.4 Å². The van der Waals surface area contributed by atoms with Crippen LogP contribution in [0.25, 0.3) is 0 Å². The smallest absolute Gasteiger partial charge is 0.0694 e. The molecule has 15 heavy (non-hydrogen) atoms. The molecule has 2 rings (SSSR count). The highest BCUT2D eigenvalue weighted by molar-refractivity contribution is 5.03. The Morgan fingerprint density at radius 2 is 1.80 bits per heavy atom. The van der Waals surface area contributed by atoms with Gasteiger partial charge < -0.3 is 14.7 Å². The van der Waals surface area contributed by atoms with Crippen LogP contribution in [0.3, 0.4) is 0 Å². The van der Waals surface area contributed by atoms with Gasteiger partial charge in [0.2, 0.25) is 0 Å². The molecule has 1 N–H and O–H groups in total. The van der Waals surface area contributed by atoms with Gasteiger partial charge in [0.05, 0.1) is 18.8 Å². The number of likely N-dealkylation sites (tertiary alicyclic amines) is 1. The van der Waals surface area contributed by atoms with Crippen LogP contribution in [-0.4, -0.2) is 49.0 Å². The second-order valence-electron chi connectivity index (χ2n) is 5.79. The third-order valence-corrected chi connectivity index (χ3v) is 4.44. The lowest BCUT2D eigenvalue weighted by molar-refractivity contribution is -0.241. The molecule has 0 aliphatic carbocycles. The number of piperidine rings is 1. The lowest BCUT2D eigenvalue weighted by Gasteiger charge is -2.55. The van der Waals surface area contributed by atoms with Gasteiger partial charge in [0.15, 0.2) is 0 Å². The molecule has 0 aromatic carbocycles. The number of aliphatic hydroxyl groups is 1. The highest BCUT2D eigenvalue weighted by Gasteiger charge is 2.55. The molecule has 2 aliphatic rings. The van der Waals surface area contributed by atoms with Crippen LogP contribution in [-0.2, 0) is 4.74 Å². The van der Waals surface area contributed by atoms with E-state index in [9.17, 15) is 5.11 Å². The van der Waals surface area contributed by atoms with Crippen molar-refractivity contribution in [2.45, 2.75) is 32.3 Å². The maximum Gasteiger partial charge on any atom is 0.0694 e. The average molecular weight is 213 g/mol. The highest BCUT2D eigenvalue weighted by atomic mass is 16.5. The number of rotatable bonds is 2. The first-order valence-electron chi connectivity index (χ1n) is 5.94. The molecular weight excluding hydrogens is 190 g/mol. The summed E-state index contributed by atoms with van der Waals surface area (Å²) in [5.74, 6) is 0.627. The molecule has 88 valence electrons. The summed E-state index contributed by atoms with van der Waals surface area (Å²) < 4.78 is 5.37. The van der Waals surface area contributed by atoms with E-state index in [1.807, 2.05) is 13.8 Å². The summed E-state index contributed by atoms with van der Waals surface area (Å²) in [7, 11) is 2.17. The second-order valence-corrected chi connectivity index (χ2v) is 5.79. The largest absolute Gasteiger partial charge is 0.390 e. The van der Waals surface area contributed by atoms with Gasteiger partial charge in [0, 0.05) is 5.41 Å². The Morgan fingerprint density at radius 1 is 1.27 bits per heavy atom. The maximum atomic E-state index is 10.3. The van der Waals surface area contributed by atoms with Crippen molar-refractivity contribution in [3.8, 4) is 0 Å². The maximum absolute atomic E-state index is 10.3. The standard InChI is InChI=1S/C12H23NO2/c1-11(2,14)12(8-15-9-12)10-4-6-13(3)7-5-10/h10,14H,4-9H2,1-3H3. The summed E-state index contributed by atoms with van der Waals surface area (Å²) in [6.07, 6.45) is 2.40. The van der Waals surface area contributed by atoms with Gasteiger partial charge in [-0.15, -0.1) is 0 Å². The van der Waals surface area contributed by atoms with Crippen molar-refractivity contribution in [2.75, 3.05) is 33.4 Å². The molecule has 2 saturated heterocycles. The molecule has 0 atom stereocenters. The molecule has 0 bridgehead atoms. The van der Waals surface area contributed by atoms with E-state index in [0.29, 0.717) is 5.92 Å². The first-order valence-corrected chi connectivity index (χ1v) is 5.94. The molecule has 2 heterocycles. The summed E-state index contributed by atoms with van der Waals surface area (Å²) in [5, 5.41) is 10.3. The van der Waals surface area contributed by atoms with E-state index in [4.69, 9.17) is 4.74 Å². The van der Waals surface area contributed by atoms with E-state index in [1.54, 1.807) is 0 Å².